The molecule has 2 aromatic carbocycles. The van der Waals surface area contributed by atoms with E-state index in [1.54, 1.807) is 7.11 Å². The fraction of sp³-hybridized carbons (Fsp3) is 0.409. The van der Waals surface area contributed by atoms with Gasteiger partial charge in [-0.15, -0.1) is 24.0 Å². The van der Waals surface area contributed by atoms with Crippen molar-refractivity contribution in [3.8, 4) is 5.75 Å². The molecule has 0 radical (unpaired) electrons. The molecule has 0 spiro atoms. The van der Waals surface area contributed by atoms with Crippen LogP contribution in [-0.4, -0.2) is 44.2 Å². The number of rotatable bonds is 6. The maximum Gasteiger partial charge on any atom is 0.193 e. The highest BCUT2D eigenvalue weighted by Crippen LogP contribution is 2.19. The molecule has 0 bridgehead atoms. The first-order valence-electron chi connectivity index (χ1n) is 9.53. The first-order chi connectivity index (χ1) is 13.3. The molecule has 0 aliphatic carbocycles. The molecule has 1 aliphatic heterocycles. The SMILES string of the molecule is CN=C(NCc1ccccc1COC)N1CCC(Oc2ccccc2)CC1.I. The Morgan fingerprint density at radius 1 is 1.04 bits per heavy atom. The molecule has 1 fully saturated rings. The zero-order chi connectivity index (χ0) is 18.9. The first kappa shape index (κ1) is 22.5. The predicted molar refractivity (Wildman–Crippen MR) is 124 cm³/mol. The van der Waals surface area contributed by atoms with E-state index in [9.17, 15) is 0 Å². The second-order valence-electron chi connectivity index (χ2n) is 6.72. The zero-order valence-corrected chi connectivity index (χ0v) is 19.0. The lowest BCUT2D eigenvalue weighted by Gasteiger charge is -2.34. The average molecular weight is 495 g/mol. The monoisotopic (exact) mass is 495 g/mol. The minimum absolute atomic E-state index is 0. The fourth-order valence-electron chi connectivity index (χ4n) is 3.41. The second kappa shape index (κ2) is 11.9. The maximum atomic E-state index is 6.09. The minimum Gasteiger partial charge on any atom is -0.490 e. The second-order valence-corrected chi connectivity index (χ2v) is 6.72. The number of piperidine rings is 1. The third-order valence-electron chi connectivity index (χ3n) is 4.85. The minimum atomic E-state index is 0. The number of halogens is 1. The van der Waals surface area contributed by atoms with Crippen LogP contribution in [0.1, 0.15) is 24.0 Å². The lowest BCUT2D eigenvalue weighted by molar-refractivity contribution is 0.129. The summed E-state index contributed by atoms with van der Waals surface area (Å²) in [6, 6.07) is 18.4. The molecule has 2 aromatic rings. The molecular weight excluding hydrogens is 465 g/mol. The first-order valence-corrected chi connectivity index (χ1v) is 9.53. The summed E-state index contributed by atoms with van der Waals surface area (Å²) < 4.78 is 11.4. The molecule has 0 aromatic heterocycles. The molecule has 1 aliphatic rings. The summed E-state index contributed by atoms with van der Waals surface area (Å²) in [7, 11) is 3.57. The van der Waals surface area contributed by atoms with Crippen LogP contribution in [0.5, 0.6) is 5.75 Å². The molecule has 6 heteroatoms. The van der Waals surface area contributed by atoms with Crippen molar-refractivity contribution in [2.24, 2.45) is 4.99 Å². The normalized spacial score (nSPS) is 15.1. The summed E-state index contributed by atoms with van der Waals surface area (Å²) in [5.41, 5.74) is 2.45. The molecule has 1 N–H and O–H groups in total. The number of methoxy groups -OCH3 is 1. The Bertz CT molecular complexity index is 732. The van der Waals surface area contributed by atoms with Crippen LogP contribution in [-0.2, 0) is 17.9 Å². The number of guanidine groups is 1. The number of benzene rings is 2. The van der Waals surface area contributed by atoms with E-state index < -0.39 is 0 Å². The van der Waals surface area contributed by atoms with Gasteiger partial charge >= 0.3 is 0 Å². The highest BCUT2D eigenvalue weighted by atomic mass is 127. The number of nitrogens with zero attached hydrogens (tertiary/aromatic N) is 2. The number of para-hydroxylation sites is 1. The van der Waals surface area contributed by atoms with Crippen LogP contribution >= 0.6 is 24.0 Å². The molecule has 0 saturated carbocycles. The largest absolute Gasteiger partial charge is 0.490 e. The number of hydrogen-bond donors (Lipinski definition) is 1. The maximum absolute atomic E-state index is 6.09. The van der Waals surface area contributed by atoms with Gasteiger partial charge in [-0.25, -0.2) is 0 Å². The van der Waals surface area contributed by atoms with Gasteiger partial charge in [0.15, 0.2) is 5.96 Å². The Kier molecular flexibility index (Phi) is 9.57. The van der Waals surface area contributed by atoms with E-state index in [2.05, 4.69) is 33.4 Å². The van der Waals surface area contributed by atoms with Gasteiger partial charge in [0.1, 0.15) is 11.9 Å². The van der Waals surface area contributed by atoms with Crippen LogP contribution in [0, 0.1) is 0 Å². The van der Waals surface area contributed by atoms with Crippen molar-refractivity contribution >= 4 is 29.9 Å². The third-order valence-corrected chi connectivity index (χ3v) is 4.85. The van der Waals surface area contributed by atoms with Crippen molar-refractivity contribution < 1.29 is 9.47 Å². The summed E-state index contributed by atoms with van der Waals surface area (Å²) in [4.78, 5) is 6.78. The van der Waals surface area contributed by atoms with Gasteiger partial charge in [-0.2, -0.15) is 0 Å². The Morgan fingerprint density at radius 3 is 2.32 bits per heavy atom. The van der Waals surface area contributed by atoms with Crippen LogP contribution < -0.4 is 10.1 Å². The zero-order valence-electron chi connectivity index (χ0n) is 16.6. The van der Waals surface area contributed by atoms with Crippen molar-refractivity contribution in [1.82, 2.24) is 10.2 Å². The van der Waals surface area contributed by atoms with Crippen LogP contribution in [0.3, 0.4) is 0 Å². The van der Waals surface area contributed by atoms with E-state index in [1.165, 1.54) is 11.1 Å². The topological polar surface area (TPSA) is 46.1 Å². The molecule has 5 nitrogen and oxygen atoms in total. The third kappa shape index (κ3) is 6.38. The van der Waals surface area contributed by atoms with Crippen LogP contribution in [0.2, 0.25) is 0 Å². The van der Waals surface area contributed by atoms with Gasteiger partial charge in [-0.1, -0.05) is 42.5 Å². The summed E-state index contributed by atoms with van der Waals surface area (Å²) in [6.45, 7) is 3.25. The van der Waals surface area contributed by atoms with Crippen molar-refractivity contribution in [3.63, 3.8) is 0 Å². The van der Waals surface area contributed by atoms with E-state index in [-0.39, 0.29) is 30.1 Å². The molecule has 0 amide bonds. The molecule has 3 rings (SSSR count). The standard InChI is InChI=1S/C22H29N3O2.HI/c1-23-22(24-16-18-8-6-7-9-19(18)17-26-2)25-14-12-21(13-15-25)27-20-10-4-3-5-11-20;/h3-11,21H,12-17H2,1-2H3,(H,23,24);1H. The summed E-state index contributed by atoms with van der Waals surface area (Å²) in [5.74, 6) is 1.90. The van der Waals surface area contributed by atoms with E-state index in [1.807, 2.05) is 43.4 Å². The summed E-state index contributed by atoms with van der Waals surface area (Å²) >= 11 is 0. The number of likely N-dealkylation sites (tertiary alicyclic amines) is 1. The molecular formula is C22H30IN3O2. The Labute approximate surface area is 185 Å². The van der Waals surface area contributed by atoms with Gasteiger partial charge in [-0.05, 0) is 23.3 Å². The molecule has 1 heterocycles. The van der Waals surface area contributed by atoms with Crippen LogP contribution in [0.15, 0.2) is 59.6 Å². The lowest BCUT2D eigenvalue weighted by atomic mass is 10.1. The summed E-state index contributed by atoms with van der Waals surface area (Å²) in [5, 5.41) is 3.50. The van der Waals surface area contributed by atoms with Gasteiger partial charge in [0.25, 0.3) is 0 Å². The Balaban J connectivity index is 0.00000280. The van der Waals surface area contributed by atoms with Gasteiger partial charge in [0.05, 0.1) is 6.61 Å². The smallest absolute Gasteiger partial charge is 0.193 e. The van der Waals surface area contributed by atoms with Gasteiger partial charge in [0.2, 0.25) is 0 Å². The van der Waals surface area contributed by atoms with Crippen LogP contribution in [0.4, 0.5) is 0 Å². The lowest BCUT2D eigenvalue weighted by Crippen LogP contribution is -2.47. The number of nitrogens with one attached hydrogen (secondary N) is 1. The van der Waals surface area contributed by atoms with Crippen molar-refractivity contribution in [1.29, 1.82) is 0 Å². The van der Waals surface area contributed by atoms with Gasteiger partial charge in [-0.3, -0.25) is 4.99 Å². The van der Waals surface area contributed by atoms with E-state index in [4.69, 9.17) is 9.47 Å². The molecule has 152 valence electrons. The summed E-state index contributed by atoms with van der Waals surface area (Å²) in [6.07, 6.45) is 2.26. The predicted octanol–water partition coefficient (Wildman–Crippen LogP) is 4.07. The van der Waals surface area contributed by atoms with Gasteiger partial charge < -0.3 is 19.7 Å². The van der Waals surface area contributed by atoms with Crippen LogP contribution in [0.25, 0.3) is 0 Å². The molecule has 28 heavy (non-hydrogen) atoms. The Morgan fingerprint density at radius 2 is 1.68 bits per heavy atom. The molecule has 1 saturated heterocycles. The number of aliphatic imine (C=N–C) groups is 1. The number of hydrogen-bond acceptors (Lipinski definition) is 3. The average Bonchev–Trinajstić information content (AvgIpc) is 2.72. The van der Waals surface area contributed by atoms with Gasteiger partial charge in [0, 0.05) is 46.6 Å². The quantitative estimate of drug-likeness (QED) is 0.373. The number of ether oxygens (including phenoxy) is 2. The molecule has 0 unspecified atom stereocenters. The highest BCUT2D eigenvalue weighted by Gasteiger charge is 2.22. The Hall–Kier alpha value is -1.80. The van der Waals surface area contributed by atoms with Crippen molar-refractivity contribution in [2.75, 3.05) is 27.2 Å². The van der Waals surface area contributed by atoms with E-state index in [0.29, 0.717) is 6.61 Å². The molecule has 0 atom stereocenters. The van der Waals surface area contributed by atoms with Crippen molar-refractivity contribution in [2.45, 2.75) is 32.1 Å². The van der Waals surface area contributed by atoms with E-state index in [0.717, 1.165) is 44.2 Å². The van der Waals surface area contributed by atoms with E-state index >= 15 is 0 Å². The highest BCUT2D eigenvalue weighted by molar-refractivity contribution is 14.0. The fourth-order valence-corrected chi connectivity index (χ4v) is 3.41. The van der Waals surface area contributed by atoms with Crippen molar-refractivity contribution in [3.05, 3.63) is 65.7 Å².